The van der Waals surface area contributed by atoms with Crippen LogP contribution >= 0.6 is 11.3 Å². The summed E-state index contributed by atoms with van der Waals surface area (Å²) in [6.07, 6.45) is 3.84. The Morgan fingerprint density at radius 2 is 2.53 bits per heavy atom. The molecule has 1 aliphatic heterocycles. The predicted octanol–water partition coefficient (Wildman–Crippen LogP) is 1.89. The maximum Gasteiger partial charge on any atom is 0.223 e. The molecule has 2 rings (SSSR count). The molecule has 1 fully saturated rings. The molecular formula is C13H20N2OS. The molecule has 1 unspecified atom stereocenters. The lowest BCUT2D eigenvalue weighted by molar-refractivity contribution is -0.131. The zero-order valence-electron chi connectivity index (χ0n) is 10.3. The first-order chi connectivity index (χ1) is 8.31. The van der Waals surface area contributed by atoms with Gasteiger partial charge in [-0.25, -0.2) is 0 Å². The summed E-state index contributed by atoms with van der Waals surface area (Å²) < 4.78 is 0. The van der Waals surface area contributed by atoms with Crippen molar-refractivity contribution in [1.29, 1.82) is 0 Å². The second-order valence-electron chi connectivity index (χ2n) is 4.52. The Hall–Kier alpha value is -0.870. The van der Waals surface area contributed by atoms with Crippen LogP contribution in [0.15, 0.2) is 17.5 Å². The number of hydrogen-bond donors (Lipinski definition) is 1. The van der Waals surface area contributed by atoms with Crippen LogP contribution < -0.4 is 5.32 Å². The predicted molar refractivity (Wildman–Crippen MR) is 71.3 cm³/mol. The van der Waals surface area contributed by atoms with Gasteiger partial charge in [-0.3, -0.25) is 4.79 Å². The fraction of sp³-hybridized carbons (Fsp3) is 0.615. The highest BCUT2D eigenvalue weighted by atomic mass is 32.1. The molecule has 0 aromatic carbocycles. The summed E-state index contributed by atoms with van der Waals surface area (Å²) in [5, 5.41) is 5.24. The molecule has 0 spiro atoms. The Morgan fingerprint density at radius 1 is 1.65 bits per heavy atom. The van der Waals surface area contributed by atoms with Gasteiger partial charge in [0.2, 0.25) is 5.91 Å². The average Bonchev–Trinajstić information content (AvgIpc) is 2.97. The van der Waals surface area contributed by atoms with Crippen LogP contribution in [0.2, 0.25) is 0 Å². The van der Waals surface area contributed by atoms with Crippen LogP contribution in [-0.2, 0) is 11.2 Å². The molecule has 1 atom stereocenters. The SMILES string of the molecule is CNCC1CCCN1C(=O)CCc1cccs1. The van der Waals surface area contributed by atoms with E-state index in [-0.39, 0.29) is 0 Å². The van der Waals surface area contributed by atoms with E-state index in [1.807, 2.05) is 13.1 Å². The van der Waals surface area contributed by atoms with Crippen molar-refractivity contribution in [1.82, 2.24) is 10.2 Å². The van der Waals surface area contributed by atoms with Gasteiger partial charge < -0.3 is 10.2 Å². The number of amides is 1. The summed E-state index contributed by atoms with van der Waals surface area (Å²) in [4.78, 5) is 15.5. The van der Waals surface area contributed by atoms with E-state index in [0.29, 0.717) is 18.4 Å². The number of carbonyl (C=O) groups excluding carboxylic acids is 1. The van der Waals surface area contributed by atoms with Gasteiger partial charge in [0.25, 0.3) is 0 Å². The summed E-state index contributed by atoms with van der Waals surface area (Å²) in [6.45, 7) is 1.86. The molecule has 1 N–H and O–H groups in total. The van der Waals surface area contributed by atoms with E-state index in [1.54, 1.807) is 11.3 Å². The molecule has 3 nitrogen and oxygen atoms in total. The molecule has 0 bridgehead atoms. The second kappa shape index (κ2) is 6.17. The van der Waals surface area contributed by atoms with E-state index >= 15 is 0 Å². The quantitative estimate of drug-likeness (QED) is 0.868. The molecule has 2 heterocycles. The number of carbonyl (C=O) groups is 1. The zero-order valence-corrected chi connectivity index (χ0v) is 11.1. The lowest BCUT2D eigenvalue weighted by Gasteiger charge is -2.24. The molecule has 0 aliphatic carbocycles. The third-order valence-electron chi connectivity index (χ3n) is 3.30. The molecule has 1 aromatic heterocycles. The van der Waals surface area contributed by atoms with E-state index in [0.717, 1.165) is 32.4 Å². The number of aryl methyl sites for hydroxylation is 1. The minimum Gasteiger partial charge on any atom is -0.338 e. The summed E-state index contributed by atoms with van der Waals surface area (Å²) >= 11 is 1.74. The van der Waals surface area contributed by atoms with Crippen LogP contribution in [0, 0.1) is 0 Å². The fourth-order valence-electron chi connectivity index (χ4n) is 2.44. The lowest BCUT2D eigenvalue weighted by Crippen LogP contribution is -2.40. The van der Waals surface area contributed by atoms with E-state index in [1.165, 1.54) is 4.88 Å². The summed E-state index contributed by atoms with van der Waals surface area (Å²) in [5.74, 6) is 0.316. The molecule has 0 saturated carbocycles. The number of nitrogens with zero attached hydrogens (tertiary/aromatic N) is 1. The molecular weight excluding hydrogens is 232 g/mol. The second-order valence-corrected chi connectivity index (χ2v) is 5.55. The minimum absolute atomic E-state index is 0.316. The minimum atomic E-state index is 0.316. The van der Waals surface area contributed by atoms with Gasteiger partial charge in [0.1, 0.15) is 0 Å². The van der Waals surface area contributed by atoms with Gasteiger partial charge in [0.05, 0.1) is 0 Å². The Morgan fingerprint density at radius 3 is 3.24 bits per heavy atom. The number of nitrogens with one attached hydrogen (secondary N) is 1. The summed E-state index contributed by atoms with van der Waals surface area (Å²) in [6, 6.07) is 4.56. The fourth-order valence-corrected chi connectivity index (χ4v) is 3.15. The van der Waals surface area contributed by atoms with Crippen molar-refractivity contribution in [3.8, 4) is 0 Å². The van der Waals surface area contributed by atoms with Crippen LogP contribution in [0.25, 0.3) is 0 Å². The first-order valence-electron chi connectivity index (χ1n) is 6.27. The number of hydrogen-bond acceptors (Lipinski definition) is 3. The third kappa shape index (κ3) is 3.30. The van der Waals surface area contributed by atoms with Crippen LogP contribution in [0.3, 0.4) is 0 Å². The van der Waals surface area contributed by atoms with Gasteiger partial charge in [-0.05, 0) is 37.8 Å². The standard InChI is InChI=1S/C13H20N2OS/c1-14-10-11-4-2-8-15(11)13(16)7-6-12-5-3-9-17-12/h3,5,9,11,14H,2,4,6-8,10H2,1H3. The summed E-state index contributed by atoms with van der Waals surface area (Å²) in [5.41, 5.74) is 0. The Bertz CT molecular complexity index is 350. The van der Waals surface area contributed by atoms with E-state index in [9.17, 15) is 4.79 Å². The maximum atomic E-state index is 12.1. The van der Waals surface area contributed by atoms with Gasteiger partial charge in [-0.2, -0.15) is 0 Å². The summed E-state index contributed by atoms with van der Waals surface area (Å²) in [7, 11) is 1.95. The first-order valence-corrected chi connectivity index (χ1v) is 7.15. The normalized spacial score (nSPS) is 19.8. The lowest BCUT2D eigenvalue weighted by atomic mass is 10.2. The van der Waals surface area contributed by atoms with Crippen LogP contribution in [0.4, 0.5) is 0 Å². The highest BCUT2D eigenvalue weighted by molar-refractivity contribution is 7.09. The topological polar surface area (TPSA) is 32.3 Å². The number of likely N-dealkylation sites (tertiary alicyclic amines) is 1. The van der Waals surface area contributed by atoms with E-state index in [2.05, 4.69) is 21.7 Å². The highest BCUT2D eigenvalue weighted by Crippen LogP contribution is 2.19. The largest absolute Gasteiger partial charge is 0.338 e. The Kier molecular flexibility index (Phi) is 4.57. The van der Waals surface area contributed by atoms with Crippen LogP contribution in [0.5, 0.6) is 0 Å². The van der Waals surface area contributed by atoms with Crippen LogP contribution in [-0.4, -0.2) is 37.0 Å². The molecule has 94 valence electrons. The van der Waals surface area contributed by atoms with Crippen molar-refractivity contribution in [2.45, 2.75) is 31.7 Å². The molecule has 17 heavy (non-hydrogen) atoms. The molecule has 1 amide bonds. The van der Waals surface area contributed by atoms with Crippen molar-refractivity contribution in [3.05, 3.63) is 22.4 Å². The van der Waals surface area contributed by atoms with Crippen molar-refractivity contribution in [2.24, 2.45) is 0 Å². The Labute approximate surface area is 107 Å². The number of rotatable bonds is 5. The molecule has 1 saturated heterocycles. The van der Waals surface area contributed by atoms with E-state index < -0.39 is 0 Å². The van der Waals surface area contributed by atoms with Crippen molar-refractivity contribution >= 4 is 17.2 Å². The maximum absolute atomic E-state index is 12.1. The smallest absolute Gasteiger partial charge is 0.223 e. The first kappa shape index (κ1) is 12.6. The highest BCUT2D eigenvalue weighted by Gasteiger charge is 2.27. The average molecular weight is 252 g/mol. The van der Waals surface area contributed by atoms with Gasteiger partial charge >= 0.3 is 0 Å². The Balaban J connectivity index is 1.82. The van der Waals surface area contributed by atoms with Crippen molar-refractivity contribution < 1.29 is 4.79 Å². The van der Waals surface area contributed by atoms with Crippen LogP contribution in [0.1, 0.15) is 24.1 Å². The van der Waals surface area contributed by atoms with Crippen molar-refractivity contribution in [3.63, 3.8) is 0 Å². The molecule has 0 radical (unpaired) electrons. The third-order valence-corrected chi connectivity index (χ3v) is 4.24. The van der Waals surface area contributed by atoms with Gasteiger partial charge in [-0.1, -0.05) is 6.07 Å². The monoisotopic (exact) mass is 252 g/mol. The zero-order chi connectivity index (χ0) is 12.1. The van der Waals surface area contributed by atoms with Crippen molar-refractivity contribution in [2.75, 3.05) is 20.1 Å². The van der Waals surface area contributed by atoms with Gasteiger partial charge in [-0.15, -0.1) is 11.3 Å². The molecule has 1 aromatic rings. The molecule has 4 heteroatoms. The molecule has 1 aliphatic rings. The number of likely N-dealkylation sites (N-methyl/N-ethyl adjacent to an activating group) is 1. The number of thiophene rings is 1. The van der Waals surface area contributed by atoms with E-state index in [4.69, 9.17) is 0 Å². The van der Waals surface area contributed by atoms with Gasteiger partial charge in [0, 0.05) is 30.4 Å². The van der Waals surface area contributed by atoms with Gasteiger partial charge in [0.15, 0.2) is 0 Å².